The highest BCUT2D eigenvalue weighted by atomic mass is 15.1. The number of hydrogen-bond donors (Lipinski definition) is 0. The van der Waals surface area contributed by atoms with Crippen molar-refractivity contribution in [1.82, 2.24) is 19.4 Å². The summed E-state index contributed by atoms with van der Waals surface area (Å²) in [6.45, 7) is 0. The van der Waals surface area contributed by atoms with Gasteiger partial charge in [0.15, 0.2) is 5.65 Å². The molecular weight excluding hydrogens is 370 g/mol. The fourth-order valence-corrected chi connectivity index (χ4v) is 4.71. The van der Waals surface area contributed by atoms with Crippen molar-refractivity contribution in [3.8, 4) is 0 Å². The average molecular weight is 393 g/mol. The maximum absolute atomic E-state index is 4.79. The van der Waals surface area contributed by atoms with Gasteiger partial charge in [-0.15, -0.1) is 0 Å². The molecule has 2 aliphatic rings. The molecule has 30 heavy (non-hydrogen) atoms. The normalized spacial score (nSPS) is 19.2. The largest absolute Gasteiger partial charge is 0.378 e. The number of benzene rings is 1. The van der Waals surface area contributed by atoms with Crippen molar-refractivity contribution in [3.05, 3.63) is 89.4 Å². The van der Waals surface area contributed by atoms with Crippen LogP contribution in [0.15, 0.2) is 61.2 Å². The van der Waals surface area contributed by atoms with Crippen molar-refractivity contribution in [1.29, 1.82) is 0 Å². The first-order valence-electron chi connectivity index (χ1n) is 10.4. The van der Waals surface area contributed by atoms with Crippen LogP contribution < -0.4 is 4.90 Å². The van der Waals surface area contributed by atoms with Gasteiger partial charge in [0.25, 0.3) is 0 Å². The Morgan fingerprint density at radius 2 is 1.97 bits per heavy atom. The lowest BCUT2D eigenvalue weighted by atomic mass is 9.94. The van der Waals surface area contributed by atoms with Crippen LogP contribution in [-0.2, 0) is 6.42 Å². The quantitative estimate of drug-likeness (QED) is 0.514. The maximum Gasteiger partial charge on any atom is 0.159 e. The van der Waals surface area contributed by atoms with Crippen molar-refractivity contribution < 1.29 is 0 Å². The van der Waals surface area contributed by atoms with Crippen LogP contribution in [0.2, 0.25) is 0 Å². The van der Waals surface area contributed by atoms with Crippen LogP contribution in [0.5, 0.6) is 0 Å². The van der Waals surface area contributed by atoms with E-state index in [0.717, 1.165) is 23.5 Å². The van der Waals surface area contributed by atoms with Crippen LogP contribution in [0, 0.1) is 5.92 Å². The number of fused-ring (bicyclic) bond motifs is 4. The number of hydrogen-bond acceptors (Lipinski definition) is 4. The fourth-order valence-electron chi connectivity index (χ4n) is 4.71. The predicted molar refractivity (Wildman–Crippen MR) is 120 cm³/mol. The number of pyridine rings is 1. The minimum atomic E-state index is 0.579. The number of rotatable bonds is 4. The summed E-state index contributed by atoms with van der Waals surface area (Å²) in [6, 6.07) is 12.9. The summed E-state index contributed by atoms with van der Waals surface area (Å²) in [4.78, 5) is 16.2. The summed E-state index contributed by atoms with van der Waals surface area (Å²) in [5.41, 5.74) is 9.39. The molecule has 0 radical (unpaired) electrons. The van der Waals surface area contributed by atoms with Crippen LogP contribution in [0.25, 0.3) is 17.3 Å². The van der Waals surface area contributed by atoms with E-state index >= 15 is 0 Å². The zero-order chi connectivity index (χ0) is 20.2. The molecule has 2 unspecified atom stereocenters. The maximum atomic E-state index is 4.79. The van der Waals surface area contributed by atoms with Crippen molar-refractivity contribution in [2.75, 3.05) is 19.0 Å². The van der Waals surface area contributed by atoms with Crippen LogP contribution in [-0.4, -0.2) is 33.4 Å². The Morgan fingerprint density at radius 1 is 1.03 bits per heavy atom. The molecule has 0 N–H and O–H groups in total. The standard InChI is InChI=1S/C25H23N5/c1-29(2)17-6-3-5-16(11-17)12-23-25-28-15-24(30(25)10-9-27-23)21-14-22-18(7-4-8-26-22)19-13-20(19)21/h3-11,14-15,19-20H,12-13H2,1-2H3. The first-order valence-corrected chi connectivity index (χ1v) is 10.4. The van der Waals surface area contributed by atoms with Crippen molar-refractivity contribution in [2.24, 2.45) is 5.92 Å². The second kappa shape index (κ2) is 6.52. The molecule has 3 aromatic heterocycles. The molecule has 2 atom stereocenters. The molecule has 4 aromatic rings. The molecule has 0 aliphatic heterocycles. The van der Waals surface area contributed by atoms with Gasteiger partial charge in [-0.1, -0.05) is 18.2 Å². The zero-order valence-electron chi connectivity index (χ0n) is 17.2. The van der Waals surface area contributed by atoms with E-state index in [2.05, 4.69) is 69.8 Å². The lowest BCUT2D eigenvalue weighted by Crippen LogP contribution is -2.09. The highest BCUT2D eigenvalue weighted by molar-refractivity contribution is 5.87. The van der Waals surface area contributed by atoms with Crippen LogP contribution in [0.4, 0.5) is 5.69 Å². The van der Waals surface area contributed by atoms with Crippen molar-refractivity contribution >= 4 is 23.0 Å². The van der Waals surface area contributed by atoms with Gasteiger partial charge in [0.2, 0.25) is 0 Å². The van der Waals surface area contributed by atoms with Crippen LogP contribution in [0.3, 0.4) is 0 Å². The van der Waals surface area contributed by atoms with E-state index < -0.39 is 0 Å². The fraction of sp³-hybridized carbons (Fsp3) is 0.240. The summed E-state index contributed by atoms with van der Waals surface area (Å²) in [5, 5.41) is 0. The lowest BCUT2D eigenvalue weighted by Gasteiger charge is -2.15. The minimum Gasteiger partial charge on any atom is -0.378 e. The Labute approximate surface area is 175 Å². The average Bonchev–Trinajstić information content (AvgIpc) is 3.46. The highest BCUT2D eigenvalue weighted by Gasteiger charge is 2.45. The molecule has 6 rings (SSSR count). The van der Waals surface area contributed by atoms with E-state index in [-0.39, 0.29) is 0 Å². The first kappa shape index (κ1) is 17.4. The van der Waals surface area contributed by atoms with Crippen LogP contribution in [0.1, 0.15) is 40.5 Å². The summed E-state index contributed by atoms with van der Waals surface area (Å²) in [6.07, 6.45) is 12.0. The zero-order valence-corrected chi connectivity index (χ0v) is 17.2. The molecule has 0 saturated heterocycles. The Kier molecular flexibility index (Phi) is 3.78. The molecule has 1 saturated carbocycles. The topological polar surface area (TPSA) is 46.3 Å². The van der Waals surface area contributed by atoms with Gasteiger partial charge in [0.05, 0.1) is 23.3 Å². The molecule has 5 heteroatoms. The third-order valence-electron chi connectivity index (χ3n) is 6.35. The van der Waals surface area contributed by atoms with E-state index in [1.54, 1.807) is 0 Å². The number of anilines is 1. The van der Waals surface area contributed by atoms with Crippen LogP contribution >= 0.6 is 0 Å². The number of nitrogens with zero attached hydrogens (tertiary/aromatic N) is 5. The first-order chi connectivity index (χ1) is 14.7. The van der Waals surface area contributed by atoms with Gasteiger partial charge in [0, 0.05) is 44.8 Å². The molecule has 148 valence electrons. The van der Waals surface area contributed by atoms with Gasteiger partial charge in [-0.3, -0.25) is 14.4 Å². The highest BCUT2D eigenvalue weighted by Crippen LogP contribution is 2.58. The Balaban J connectivity index is 1.40. The van der Waals surface area contributed by atoms with Gasteiger partial charge in [0.1, 0.15) is 0 Å². The molecule has 5 nitrogen and oxygen atoms in total. The smallest absolute Gasteiger partial charge is 0.159 e. The Morgan fingerprint density at radius 3 is 2.87 bits per heavy atom. The molecule has 1 fully saturated rings. The Hall–Kier alpha value is -3.47. The van der Waals surface area contributed by atoms with Crippen molar-refractivity contribution in [3.63, 3.8) is 0 Å². The minimum absolute atomic E-state index is 0.579. The van der Waals surface area contributed by atoms with Crippen molar-refractivity contribution in [2.45, 2.75) is 18.8 Å². The van der Waals surface area contributed by atoms with Gasteiger partial charge in [-0.25, -0.2) is 4.98 Å². The summed E-state index contributed by atoms with van der Waals surface area (Å²) >= 11 is 0. The predicted octanol–water partition coefficient (Wildman–Crippen LogP) is 4.44. The second-order valence-electron chi connectivity index (χ2n) is 8.48. The van der Waals surface area contributed by atoms with Gasteiger partial charge < -0.3 is 4.90 Å². The SMILES string of the molecule is CN(C)c1cccc(Cc2nccn3c(C4=Cc5ncccc5C5CC45)cnc23)c1. The third kappa shape index (κ3) is 2.73. The van der Waals surface area contributed by atoms with Gasteiger partial charge in [-0.05, 0) is 59.2 Å². The summed E-state index contributed by atoms with van der Waals surface area (Å²) < 4.78 is 2.20. The molecule has 0 bridgehead atoms. The van der Waals surface area contributed by atoms with E-state index in [9.17, 15) is 0 Å². The number of allylic oxidation sites excluding steroid dienone is 1. The van der Waals surface area contributed by atoms with Gasteiger partial charge in [-0.2, -0.15) is 0 Å². The lowest BCUT2D eigenvalue weighted by molar-refractivity contribution is 0.964. The van der Waals surface area contributed by atoms with E-state index in [0.29, 0.717) is 11.8 Å². The molecule has 0 amide bonds. The molecule has 3 heterocycles. The summed E-state index contributed by atoms with van der Waals surface area (Å²) in [7, 11) is 4.13. The number of imidazole rings is 1. The van der Waals surface area contributed by atoms with E-state index in [4.69, 9.17) is 4.98 Å². The molecule has 0 spiro atoms. The molecule has 2 aliphatic carbocycles. The number of aromatic nitrogens is 4. The third-order valence-corrected chi connectivity index (χ3v) is 6.35. The Bertz CT molecular complexity index is 1300. The van der Waals surface area contributed by atoms with E-state index in [1.807, 2.05) is 30.9 Å². The monoisotopic (exact) mass is 393 g/mol. The summed E-state index contributed by atoms with van der Waals surface area (Å²) in [5.74, 6) is 1.18. The molecule has 1 aromatic carbocycles. The molecular formula is C25H23N5. The van der Waals surface area contributed by atoms with Gasteiger partial charge >= 0.3 is 0 Å². The van der Waals surface area contributed by atoms with E-state index in [1.165, 1.54) is 34.5 Å². The second-order valence-corrected chi connectivity index (χ2v) is 8.48.